The SMILES string of the molecule is CN(CC1CC1)C(=O)c1cccc(S(=O)(=O)NCc2cccs2)c1. The molecule has 0 radical (unpaired) electrons. The van der Waals surface area contributed by atoms with Crippen LogP contribution in [0.25, 0.3) is 0 Å². The first-order chi connectivity index (χ1) is 11.5. The summed E-state index contributed by atoms with van der Waals surface area (Å²) in [4.78, 5) is 15.2. The molecule has 24 heavy (non-hydrogen) atoms. The molecule has 7 heteroatoms. The van der Waals surface area contributed by atoms with Crippen LogP contribution in [0, 0.1) is 5.92 Å². The Labute approximate surface area is 146 Å². The molecule has 1 aromatic heterocycles. The van der Waals surface area contributed by atoms with Crippen LogP contribution in [0.15, 0.2) is 46.7 Å². The predicted molar refractivity (Wildman–Crippen MR) is 94.5 cm³/mol. The maximum atomic E-state index is 12.4. The zero-order valence-electron chi connectivity index (χ0n) is 13.4. The van der Waals surface area contributed by atoms with Crippen molar-refractivity contribution in [2.75, 3.05) is 13.6 Å². The highest BCUT2D eigenvalue weighted by Gasteiger charge is 2.25. The summed E-state index contributed by atoms with van der Waals surface area (Å²) in [5.74, 6) is 0.454. The van der Waals surface area contributed by atoms with E-state index in [9.17, 15) is 13.2 Å². The normalized spacial score (nSPS) is 14.5. The van der Waals surface area contributed by atoms with Gasteiger partial charge in [0.05, 0.1) is 4.90 Å². The van der Waals surface area contributed by atoms with Gasteiger partial charge in [0.1, 0.15) is 0 Å². The van der Waals surface area contributed by atoms with Crippen molar-refractivity contribution in [2.45, 2.75) is 24.3 Å². The summed E-state index contributed by atoms with van der Waals surface area (Å²) in [7, 11) is -1.88. The highest BCUT2D eigenvalue weighted by atomic mass is 32.2. The fourth-order valence-corrected chi connectivity index (χ4v) is 4.24. The van der Waals surface area contributed by atoms with E-state index >= 15 is 0 Å². The minimum Gasteiger partial charge on any atom is -0.341 e. The van der Waals surface area contributed by atoms with Gasteiger partial charge in [-0.15, -0.1) is 11.3 Å². The lowest BCUT2D eigenvalue weighted by molar-refractivity contribution is 0.0788. The third kappa shape index (κ3) is 4.23. The van der Waals surface area contributed by atoms with E-state index in [1.54, 1.807) is 24.1 Å². The minimum absolute atomic E-state index is 0.115. The third-order valence-corrected chi connectivity index (χ3v) is 6.26. The molecule has 5 nitrogen and oxygen atoms in total. The van der Waals surface area contributed by atoms with E-state index in [-0.39, 0.29) is 17.3 Å². The van der Waals surface area contributed by atoms with E-state index in [1.165, 1.54) is 36.3 Å². The van der Waals surface area contributed by atoms with Crippen molar-refractivity contribution in [2.24, 2.45) is 5.92 Å². The fourth-order valence-electron chi connectivity index (χ4n) is 2.45. The van der Waals surface area contributed by atoms with Crippen LogP contribution < -0.4 is 4.72 Å². The van der Waals surface area contributed by atoms with Gasteiger partial charge < -0.3 is 4.90 Å². The molecule has 1 aliphatic carbocycles. The van der Waals surface area contributed by atoms with Crippen LogP contribution in [0.1, 0.15) is 28.1 Å². The molecule has 1 N–H and O–H groups in total. The molecule has 1 saturated carbocycles. The van der Waals surface area contributed by atoms with Gasteiger partial charge >= 0.3 is 0 Å². The Bertz CT molecular complexity index is 812. The monoisotopic (exact) mass is 364 g/mol. The largest absolute Gasteiger partial charge is 0.341 e. The summed E-state index contributed by atoms with van der Waals surface area (Å²) >= 11 is 1.49. The van der Waals surface area contributed by atoms with Crippen molar-refractivity contribution < 1.29 is 13.2 Å². The number of carbonyl (C=O) groups excluding carboxylic acids is 1. The van der Waals surface area contributed by atoms with E-state index in [1.807, 2.05) is 17.5 Å². The molecule has 0 atom stereocenters. The molecule has 2 aromatic rings. The summed E-state index contributed by atoms with van der Waals surface area (Å²) in [6.45, 7) is 0.978. The molecule has 1 fully saturated rings. The first kappa shape index (κ1) is 17.1. The molecule has 0 saturated heterocycles. The Hall–Kier alpha value is -1.70. The number of carbonyl (C=O) groups is 1. The number of rotatable bonds is 7. The molecule has 1 amide bonds. The molecule has 1 heterocycles. The van der Waals surface area contributed by atoms with E-state index in [4.69, 9.17) is 0 Å². The number of hydrogen-bond donors (Lipinski definition) is 1. The zero-order valence-corrected chi connectivity index (χ0v) is 15.1. The molecule has 1 aliphatic rings. The Morgan fingerprint density at radius 3 is 2.75 bits per heavy atom. The quantitative estimate of drug-likeness (QED) is 0.821. The summed E-state index contributed by atoms with van der Waals surface area (Å²) in [6.07, 6.45) is 2.33. The van der Waals surface area contributed by atoms with Gasteiger partial charge in [-0.05, 0) is 48.4 Å². The zero-order chi connectivity index (χ0) is 17.2. The number of amides is 1. The molecule has 0 aliphatic heterocycles. The second-order valence-electron chi connectivity index (χ2n) is 6.06. The Balaban J connectivity index is 1.72. The number of hydrogen-bond acceptors (Lipinski definition) is 4. The third-order valence-electron chi connectivity index (χ3n) is 3.98. The first-order valence-corrected chi connectivity index (χ1v) is 10.2. The maximum Gasteiger partial charge on any atom is 0.253 e. The van der Waals surface area contributed by atoms with Gasteiger partial charge in [0.2, 0.25) is 10.0 Å². The Morgan fingerprint density at radius 1 is 1.29 bits per heavy atom. The van der Waals surface area contributed by atoms with Gasteiger partial charge in [-0.25, -0.2) is 13.1 Å². The van der Waals surface area contributed by atoms with Crippen molar-refractivity contribution in [3.8, 4) is 0 Å². The summed E-state index contributed by atoms with van der Waals surface area (Å²) in [5, 5.41) is 1.90. The summed E-state index contributed by atoms with van der Waals surface area (Å²) in [5.41, 5.74) is 0.400. The van der Waals surface area contributed by atoms with Crippen molar-refractivity contribution in [3.63, 3.8) is 0 Å². The number of sulfonamides is 1. The van der Waals surface area contributed by atoms with Crippen molar-refractivity contribution in [1.82, 2.24) is 9.62 Å². The van der Waals surface area contributed by atoms with Gasteiger partial charge in [-0.3, -0.25) is 4.79 Å². The van der Waals surface area contributed by atoms with E-state index < -0.39 is 10.0 Å². The minimum atomic E-state index is -3.64. The number of thiophene rings is 1. The lowest BCUT2D eigenvalue weighted by atomic mass is 10.2. The smallest absolute Gasteiger partial charge is 0.253 e. The first-order valence-electron chi connectivity index (χ1n) is 7.83. The maximum absolute atomic E-state index is 12.4. The van der Waals surface area contributed by atoms with Crippen molar-refractivity contribution >= 4 is 27.3 Å². The van der Waals surface area contributed by atoms with Crippen molar-refractivity contribution in [1.29, 1.82) is 0 Å². The molecule has 3 rings (SSSR count). The van der Waals surface area contributed by atoms with Gasteiger partial charge in [0, 0.05) is 30.6 Å². The fraction of sp³-hybridized carbons (Fsp3) is 0.353. The van der Waals surface area contributed by atoms with E-state index in [0.717, 1.165) is 11.4 Å². The van der Waals surface area contributed by atoms with E-state index in [2.05, 4.69) is 4.72 Å². The highest BCUT2D eigenvalue weighted by molar-refractivity contribution is 7.89. The van der Waals surface area contributed by atoms with Crippen LogP contribution >= 0.6 is 11.3 Å². The highest BCUT2D eigenvalue weighted by Crippen LogP contribution is 2.29. The predicted octanol–water partition coefficient (Wildman–Crippen LogP) is 2.71. The Kier molecular flexibility index (Phi) is 5.03. The molecule has 1 aromatic carbocycles. The van der Waals surface area contributed by atoms with Gasteiger partial charge in [-0.2, -0.15) is 0 Å². The molecule has 0 spiro atoms. The lowest BCUT2D eigenvalue weighted by Gasteiger charge is -2.17. The average molecular weight is 364 g/mol. The number of nitrogens with one attached hydrogen (secondary N) is 1. The van der Waals surface area contributed by atoms with E-state index in [0.29, 0.717) is 11.5 Å². The van der Waals surface area contributed by atoms with Crippen LogP contribution in [0.5, 0.6) is 0 Å². The van der Waals surface area contributed by atoms with Crippen molar-refractivity contribution in [3.05, 3.63) is 52.2 Å². The number of nitrogens with zero attached hydrogens (tertiary/aromatic N) is 1. The van der Waals surface area contributed by atoms with Gasteiger partial charge in [0.25, 0.3) is 5.91 Å². The van der Waals surface area contributed by atoms with Crippen LogP contribution in [0.4, 0.5) is 0 Å². The van der Waals surface area contributed by atoms with Crippen LogP contribution in [0.3, 0.4) is 0 Å². The standard InChI is InChI=1S/C17H20N2O3S2/c1-19(12-13-7-8-13)17(20)14-4-2-6-16(10-14)24(21,22)18-11-15-5-3-9-23-15/h2-6,9-10,13,18H,7-8,11-12H2,1H3. The molecular formula is C17H20N2O3S2. The van der Waals surface area contributed by atoms with Gasteiger partial charge in [-0.1, -0.05) is 12.1 Å². The summed E-state index contributed by atoms with van der Waals surface area (Å²) < 4.78 is 27.4. The van der Waals surface area contributed by atoms with Crippen LogP contribution in [-0.4, -0.2) is 32.8 Å². The molecule has 0 bridgehead atoms. The second-order valence-corrected chi connectivity index (χ2v) is 8.86. The molecule has 128 valence electrons. The number of benzene rings is 1. The topological polar surface area (TPSA) is 66.5 Å². The summed E-state index contributed by atoms with van der Waals surface area (Å²) in [6, 6.07) is 9.97. The lowest BCUT2D eigenvalue weighted by Crippen LogP contribution is -2.29. The van der Waals surface area contributed by atoms with Crippen LogP contribution in [0.2, 0.25) is 0 Å². The average Bonchev–Trinajstić information content (AvgIpc) is 3.23. The van der Waals surface area contributed by atoms with Gasteiger partial charge in [0.15, 0.2) is 0 Å². The molecular weight excluding hydrogens is 344 g/mol. The van der Waals surface area contributed by atoms with Crippen LogP contribution in [-0.2, 0) is 16.6 Å². The Morgan fingerprint density at radius 2 is 2.08 bits per heavy atom. The molecule has 0 unspecified atom stereocenters. The second kappa shape index (κ2) is 7.04.